The molecule has 0 aliphatic heterocycles. The summed E-state index contributed by atoms with van der Waals surface area (Å²) in [6.07, 6.45) is 5.99. The van der Waals surface area contributed by atoms with Gasteiger partial charge in [0.2, 0.25) is 0 Å². The predicted molar refractivity (Wildman–Crippen MR) is 71.9 cm³/mol. The second kappa shape index (κ2) is 7.75. The van der Waals surface area contributed by atoms with Crippen molar-refractivity contribution in [2.45, 2.75) is 52.4 Å². The molecule has 0 heterocycles. The second-order valence-electron chi connectivity index (χ2n) is 4.59. The van der Waals surface area contributed by atoms with E-state index in [1.165, 1.54) is 25.3 Å². The Bertz CT molecular complexity index is 385. The maximum Gasteiger partial charge on any atom is 0.311 e. The number of rotatable bonds is 7. The third-order valence-corrected chi connectivity index (χ3v) is 2.88. The van der Waals surface area contributed by atoms with E-state index in [2.05, 4.69) is 6.92 Å². The number of aryl methyl sites for hydroxylation is 1. The van der Waals surface area contributed by atoms with Gasteiger partial charge in [0.05, 0.1) is 0 Å². The van der Waals surface area contributed by atoms with E-state index in [1.54, 1.807) is 12.1 Å². The van der Waals surface area contributed by atoms with E-state index in [0.717, 1.165) is 18.4 Å². The lowest BCUT2D eigenvalue weighted by Gasteiger charge is -2.07. The first-order chi connectivity index (χ1) is 8.63. The predicted octanol–water partition coefficient (Wildman–Crippen LogP) is 3.97. The van der Waals surface area contributed by atoms with Crippen molar-refractivity contribution in [3.05, 3.63) is 23.8 Å². The lowest BCUT2D eigenvalue weighted by molar-refractivity contribution is -0.134. The molecule has 0 aliphatic rings. The summed E-state index contributed by atoms with van der Waals surface area (Å²) in [6, 6.07) is 4.79. The lowest BCUT2D eigenvalue weighted by atomic mass is 10.1. The van der Waals surface area contributed by atoms with Crippen LogP contribution in [0.1, 0.15) is 51.0 Å². The van der Waals surface area contributed by atoms with E-state index in [-0.39, 0.29) is 11.7 Å². The molecule has 0 aliphatic carbocycles. The average molecular weight is 250 g/mol. The number of hydrogen-bond donors (Lipinski definition) is 1. The largest absolute Gasteiger partial charge is 0.508 e. The van der Waals surface area contributed by atoms with Crippen molar-refractivity contribution in [1.29, 1.82) is 0 Å². The molecule has 1 N–H and O–H groups in total. The average Bonchev–Trinajstić information content (AvgIpc) is 2.33. The summed E-state index contributed by atoms with van der Waals surface area (Å²) >= 11 is 0. The van der Waals surface area contributed by atoms with Crippen molar-refractivity contribution in [3.63, 3.8) is 0 Å². The van der Waals surface area contributed by atoms with Crippen molar-refractivity contribution < 1.29 is 14.6 Å². The van der Waals surface area contributed by atoms with Gasteiger partial charge in [0.1, 0.15) is 11.5 Å². The van der Waals surface area contributed by atoms with Crippen LogP contribution in [-0.2, 0) is 4.79 Å². The molecule has 0 fully saturated rings. The Kier molecular flexibility index (Phi) is 6.26. The highest BCUT2D eigenvalue weighted by Crippen LogP contribution is 2.23. The molecular formula is C15H22O3. The van der Waals surface area contributed by atoms with Gasteiger partial charge in [-0.3, -0.25) is 4.79 Å². The first kappa shape index (κ1) is 14.6. The molecule has 0 amide bonds. The molecule has 3 nitrogen and oxygen atoms in total. The number of esters is 1. The molecule has 0 atom stereocenters. The number of hydrogen-bond acceptors (Lipinski definition) is 3. The van der Waals surface area contributed by atoms with Gasteiger partial charge in [-0.2, -0.15) is 0 Å². The number of phenolic OH excluding ortho intramolecular Hbond substituents is 1. The highest BCUT2D eigenvalue weighted by Gasteiger charge is 2.07. The van der Waals surface area contributed by atoms with E-state index in [1.807, 2.05) is 6.92 Å². The fourth-order valence-corrected chi connectivity index (χ4v) is 1.75. The molecule has 1 aromatic carbocycles. The number of benzene rings is 1. The number of unbranched alkanes of at least 4 members (excludes halogenated alkanes) is 4. The first-order valence-electron chi connectivity index (χ1n) is 6.63. The molecule has 18 heavy (non-hydrogen) atoms. The molecule has 3 heteroatoms. The summed E-state index contributed by atoms with van der Waals surface area (Å²) in [7, 11) is 0. The van der Waals surface area contributed by atoms with Crippen molar-refractivity contribution >= 4 is 5.97 Å². The fourth-order valence-electron chi connectivity index (χ4n) is 1.75. The Morgan fingerprint density at radius 3 is 2.67 bits per heavy atom. The van der Waals surface area contributed by atoms with Crippen LogP contribution in [0.4, 0.5) is 0 Å². The molecule has 0 saturated carbocycles. The lowest BCUT2D eigenvalue weighted by Crippen LogP contribution is -2.08. The van der Waals surface area contributed by atoms with Crippen molar-refractivity contribution in [2.75, 3.05) is 0 Å². The topological polar surface area (TPSA) is 46.5 Å². The van der Waals surface area contributed by atoms with E-state index in [4.69, 9.17) is 4.74 Å². The fraction of sp³-hybridized carbons (Fsp3) is 0.533. The Labute approximate surface area is 109 Å². The maximum absolute atomic E-state index is 11.6. The smallest absolute Gasteiger partial charge is 0.311 e. The van der Waals surface area contributed by atoms with Crippen LogP contribution in [0, 0.1) is 6.92 Å². The third-order valence-electron chi connectivity index (χ3n) is 2.88. The van der Waals surface area contributed by atoms with Crippen LogP contribution in [0.2, 0.25) is 0 Å². The van der Waals surface area contributed by atoms with Gasteiger partial charge in [-0.1, -0.05) is 38.7 Å². The van der Waals surface area contributed by atoms with Crippen LogP contribution in [0.5, 0.6) is 11.5 Å². The zero-order chi connectivity index (χ0) is 13.4. The first-order valence-corrected chi connectivity index (χ1v) is 6.63. The normalized spacial score (nSPS) is 10.3. The minimum atomic E-state index is -0.222. The standard InChI is InChI=1S/C15H22O3/c1-3-4-5-6-7-8-15(17)18-14-11-13(16)10-9-12(14)2/h9-11,16H,3-8H2,1-2H3. The van der Waals surface area contributed by atoms with Crippen LogP contribution < -0.4 is 4.74 Å². The van der Waals surface area contributed by atoms with Gasteiger partial charge in [0, 0.05) is 12.5 Å². The van der Waals surface area contributed by atoms with E-state index in [9.17, 15) is 9.90 Å². The monoisotopic (exact) mass is 250 g/mol. The zero-order valence-corrected chi connectivity index (χ0v) is 11.2. The van der Waals surface area contributed by atoms with Crippen molar-refractivity contribution in [3.8, 4) is 11.5 Å². The van der Waals surface area contributed by atoms with Gasteiger partial charge in [-0.15, -0.1) is 0 Å². The molecule has 0 aromatic heterocycles. The van der Waals surface area contributed by atoms with Gasteiger partial charge in [0.25, 0.3) is 0 Å². The summed E-state index contributed by atoms with van der Waals surface area (Å²) in [4.78, 5) is 11.6. The molecule has 0 saturated heterocycles. The summed E-state index contributed by atoms with van der Waals surface area (Å²) in [5.74, 6) is 0.347. The minimum Gasteiger partial charge on any atom is -0.508 e. The molecule has 0 bridgehead atoms. The summed E-state index contributed by atoms with van der Waals surface area (Å²) in [5, 5.41) is 9.33. The van der Waals surface area contributed by atoms with Gasteiger partial charge in [-0.05, 0) is 25.0 Å². The number of phenols is 1. The van der Waals surface area contributed by atoms with Crippen LogP contribution in [0.3, 0.4) is 0 Å². The Morgan fingerprint density at radius 1 is 1.22 bits per heavy atom. The molecule has 0 unspecified atom stereocenters. The highest BCUT2D eigenvalue weighted by molar-refractivity contribution is 5.72. The van der Waals surface area contributed by atoms with Crippen LogP contribution in [0.25, 0.3) is 0 Å². The minimum absolute atomic E-state index is 0.117. The van der Waals surface area contributed by atoms with Crippen molar-refractivity contribution in [1.82, 2.24) is 0 Å². The number of ether oxygens (including phenoxy) is 1. The second-order valence-corrected chi connectivity index (χ2v) is 4.59. The Hall–Kier alpha value is -1.51. The zero-order valence-electron chi connectivity index (χ0n) is 11.2. The molecule has 0 radical (unpaired) electrons. The van der Waals surface area contributed by atoms with E-state index < -0.39 is 0 Å². The van der Waals surface area contributed by atoms with Crippen LogP contribution in [-0.4, -0.2) is 11.1 Å². The summed E-state index contributed by atoms with van der Waals surface area (Å²) in [5.41, 5.74) is 0.854. The number of carbonyl (C=O) groups is 1. The van der Waals surface area contributed by atoms with Crippen molar-refractivity contribution in [2.24, 2.45) is 0 Å². The van der Waals surface area contributed by atoms with Gasteiger partial charge >= 0.3 is 5.97 Å². The van der Waals surface area contributed by atoms with Crippen LogP contribution in [0.15, 0.2) is 18.2 Å². The molecule has 1 aromatic rings. The molecular weight excluding hydrogens is 228 g/mol. The molecule has 0 spiro atoms. The van der Waals surface area contributed by atoms with Gasteiger partial charge < -0.3 is 9.84 Å². The number of aromatic hydroxyl groups is 1. The van der Waals surface area contributed by atoms with Crippen LogP contribution >= 0.6 is 0 Å². The van der Waals surface area contributed by atoms with E-state index >= 15 is 0 Å². The number of carbonyl (C=O) groups excluding carboxylic acids is 1. The highest BCUT2D eigenvalue weighted by atomic mass is 16.5. The molecule has 1 rings (SSSR count). The third kappa shape index (κ3) is 5.21. The summed E-state index contributed by atoms with van der Waals surface area (Å²) < 4.78 is 5.23. The summed E-state index contributed by atoms with van der Waals surface area (Å²) in [6.45, 7) is 4.02. The molecule has 100 valence electrons. The van der Waals surface area contributed by atoms with Gasteiger partial charge in [0.15, 0.2) is 0 Å². The van der Waals surface area contributed by atoms with E-state index in [0.29, 0.717) is 12.2 Å². The SMILES string of the molecule is CCCCCCCC(=O)Oc1cc(O)ccc1C. The quantitative estimate of drug-likeness (QED) is 0.452. The maximum atomic E-state index is 11.6. The Morgan fingerprint density at radius 2 is 1.94 bits per heavy atom. The Balaban J connectivity index is 2.33. The van der Waals surface area contributed by atoms with Gasteiger partial charge in [-0.25, -0.2) is 0 Å².